The molecule has 3 heteroatoms. The zero-order chi connectivity index (χ0) is 14.7. The molecule has 1 unspecified atom stereocenters. The van der Waals surface area contributed by atoms with E-state index in [1.807, 2.05) is 23.9 Å². The Morgan fingerprint density at radius 3 is 2.62 bits per heavy atom. The number of methoxy groups -OCH3 is 1. The average Bonchev–Trinajstić information content (AvgIpc) is 2.90. The van der Waals surface area contributed by atoms with Gasteiger partial charge in [0.1, 0.15) is 5.75 Å². The number of hydrogen-bond acceptors (Lipinski definition) is 3. The van der Waals surface area contributed by atoms with Crippen molar-refractivity contribution in [3.63, 3.8) is 0 Å². The summed E-state index contributed by atoms with van der Waals surface area (Å²) in [4.78, 5) is 3.87. The molecule has 0 spiro atoms. The lowest BCUT2D eigenvalue weighted by atomic mass is 10.1. The molecule has 0 fully saturated rings. The molecule has 1 aliphatic rings. The van der Waals surface area contributed by atoms with Crippen molar-refractivity contribution in [2.75, 3.05) is 20.7 Å². The molecule has 2 aromatic rings. The minimum atomic E-state index is 0.672. The van der Waals surface area contributed by atoms with Crippen molar-refractivity contribution in [3.05, 3.63) is 59.7 Å². The number of ether oxygens (including phenoxy) is 1. The molecule has 0 aliphatic carbocycles. The van der Waals surface area contributed by atoms with Gasteiger partial charge in [0.25, 0.3) is 0 Å². The molecule has 0 amide bonds. The van der Waals surface area contributed by atoms with Crippen LogP contribution < -0.4 is 4.74 Å². The Morgan fingerprint density at radius 1 is 1.14 bits per heavy atom. The fourth-order valence-corrected chi connectivity index (χ4v) is 4.22. The van der Waals surface area contributed by atoms with Crippen molar-refractivity contribution < 1.29 is 4.74 Å². The first-order valence-electron chi connectivity index (χ1n) is 7.30. The number of thioether (sulfide) groups is 1. The van der Waals surface area contributed by atoms with E-state index in [1.165, 1.54) is 22.4 Å². The van der Waals surface area contributed by atoms with Crippen LogP contribution >= 0.6 is 11.8 Å². The normalized spacial score (nSPS) is 17.0. The molecule has 1 aliphatic heterocycles. The zero-order valence-corrected chi connectivity index (χ0v) is 13.4. The minimum Gasteiger partial charge on any atom is -0.497 e. The lowest BCUT2D eigenvalue weighted by molar-refractivity contribution is 0.327. The Bertz CT molecular complexity index is 571. The van der Waals surface area contributed by atoms with Crippen molar-refractivity contribution in [3.8, 4) is 5.75 Å². The molecule has 0 radical (unpaired) electrons. The van der Waals surface area contributed by atoms with E-state index in [-0.39, 0.29) is 0 Å². The van der Waals surface area contributed by atoms with Crippen LogP contribution in [0.3, 0.4) is 0 Å². The Hall–Kier alpha value is -1.45. The lowest BCUT2D eigenvalue weighted by Crippen LogP contribution is -2.26. The van der Waals surface area contributed by atoms with Gasteiger partial charge in [0.2, 0.25) is 0 Å². The molecule has 0 aromatic heterocycles. The van der Waals surface area contributed by atoms with Crippen LogP contribution in [0.5, 0.6) is 5.75 Å². The molecule has 0 saturated carbocycles. The predicted octanol–water partition coefficient (Wildman–Crippen LogP) is 3.84. The van der Waals surface area contributed by atoms with Gasteiger partial charge in [-0.15, -0.1) is 11.8 Å². The maximum absolute atomic E-state index is 5.20. The number of fused-ring (bicyclic) bond motifs is 1. The van der Waals surface area contributed by atoms with E-state index in [0.29, 0.717) is 5.25 Å². The van der Waals surface area contributed by atoms with Crippen LogP contribution in [0, 0.1) is 0 Å². The molecule has 0 N–H and O–H groups in total. The van der Waals surface area contributed by atoms with Crippen molar-refractivity contribution in [2.45, 2.75) is 23.1 Å². The SMILES string of the molecule is COc1ccc(CN(C)CC2Cc3ccccc3S2)cc1. The van der Waals surface area contributed by atoms with Gasteiger partial charge in [-0.2, -0.15) is 0 Å². The number of rotatable bonds is 5. The first-order chi connectivity index (χ1) is 10.2. The topological polar surface area (TPSA) is 12.5 Å². The van der Waals surface area contributed by atoms with Crippen molar-refractivity contribution in [2.24, 2.45) is 0 Å². The van der Waals surface area contributed by atoms with E-state index in [2.05, 4.69) is 48.3 Å². The molecule has 0 bridgehead atoms. The van der Waals surface area contributed by atoms with Gasteiger partial charge >= 0.3 is 0 Å². The van der Waals surface area contributed by atoms with Crippen LogP contribution in [0.25, 0.3) is 0 Å². The standard InChI is InChI=1S/C18H21NOS/c1-19(12-14-7-9-16(20-2)10-8-14)13-17-11-15-5-3-4-6-18(15)21-17/h3-10,17H,11-13H2,1-2H3. The maximum atomic E-state index is 5.20. The van der Waals surface area contributed by atoms with Crippen molar-refractivity contribution >= 4 is 11.8 Å². The monoisotopic (exact) mass is 299 g/mol. The van der Waals surface area contributed by atoms with E-state index in [4.69, 9.17) is 4.74 Å². The number of nitrogens with zero attached hydrogens (tertiary/aromatic N) is 1. The summed E-state index contributed by atoms with van der Waals surface area (Å²) in [5.41, 5.74) is 2.84. The number of benzene rings is 2. The van der Waals surface area contributed by atoms with Gasteiger partial charge in [0, 0.05) is 23.2 Å². The van der Waals surface area contributed by atoms with Gasteiger partial charge < -0.3 is 9.64 Å². The predicted molar refractivity (Wildman–Crippen MR) is 89.1 cm³/mol. The van der Waals surface area contributed by atoms with E-state index in [0.717, 1.165) is 18.8 Å². The molecule has 1 atom stereocenters. The number of hydrogen-bond donors (Lipinski definition) is 0. The van der Waals surface area contributed by atoms with Gasteiger partial charge in [-0.1, -0.05) is 30.3 Å². The van der Waals surface area contributed by atoms with E-state index in [1.54, 1.807) is 7.11 Å². The average molecular weight is 299 g/mol. The van der Waals surface area contributed by atoms with Crippen molar-refractivity contribution in [1.29, 1.82) is 0 Å². The molecule has 2 aromatic carbocycles. The van der Waals surface area contributed by atoms with Gasteiger partial charge in [-0.25, -0.2) is 0 Å². The largest absolute Gasteiger partial charge is 0.497 e. The summed E-state index contributed by atoms with van der Waals surface area (Å²) in [6.45, 7) is 2.10. The summed E-state index contributed by atoms with van der Waals surface area (Å²) < 4.78 is 5.20. The van der Waals surface area contributed by atoms with E-state index >= 15 is 0 Å². The Labute approximate surface area is 131 Å². The molecular weight excluding hydrogens is 278 g/mol. The molecule has 110 valence electrons. The summed E-state index contributed by atoms with van der Waals surface area (Å²) >= 11 is 2.02. The molecule has 0 saturated heterocycles. The summed E-state index contributed by atoms with van der Waals surface area (Å²) in [7, 11) is 3.91. The second-order valence-corrected chi connectivity index (χ2v) is 6.94. The van der Waals surface area contributed by atoms with Gasteiger partial charge in [-0.3, -0.25) is 0 Å². The molecule has 1 heterocycles. The minimum absolute atomic E-state index is 0.672. The summed E-state index contributed by atoms with van der Waals surface area (Å²) in [6.07, 6.45) is 1.19. The summed E-state index contributed by atoms with van der Waals surface area (Å²) in [5.74, 6) is 0.920. The third-order valence-electron chi connectivity index (χ3n) is 3.84. The van der Waals surface area contributed by atoms with Crippen LogP contribution in [0.1, 0.15) is 11.1 Å². The highest BCUT2D eigenvalue weighted by Crippen LogP contribution is 2.37. The van der Waals surface area contributed by atoms with E-state index in [9.17, 15) is 0 Å². The maximum Gasteiger partial charge on any atom is 0.118 e. The third kappa shape index (κ3) is 3.60. The molecular formula is C18H21NOS. The fourth-order valence-electron chi connectivity index (χ4n) is 2.81. The highest BCUT2D eigenvalue weighted by atomic mass is 32.2. The molecule has 21 heavy (non-hydrogen) atoms. The van der Waals surface area contributed by atoms with Crippen LogP contribution in [-0.2, 0) is 13.0 Å². The highest BCUT2D eigenvalue weighted by Gasteiger charge is 2.22. The first kappa shape index (κ1) is 14.5. The summed E-state index contributed by atoms with van der Waals surface area (Å²) in [5, 5.41) is 0.672. The fraction of sp³-hybridized carbons (Fsp3) is 0.333. The van der Waals surface area contributed by atoms with Crippen LogP contribution in [0.15, 0.2) is 53.4 Å². The van der Waals surface area contributed by atoms with E-state index < -0.39 is 0 Å². The third-order valence-corrected chi connectivity index (χ3v) is 5.14. The van der Waals surface area contributed by atoms with Crippen LogP contribution in [0.2, 0.25) is 0 Å². The Balaban J connectivity index is 1.54. The molecule has 3 rings (SSSR count). The van der Waals surface area contributed by atoms with Crippen LogP contribution in [0.4, 0.5) is 0 Å². The Morgan fingerprint density at radius 2 is 1.90 bits per heavy atom. The van der Waals surface area contributed by atoms with Crippen molar-refractivity contribution in [1.82, 2.24) is 4.90 Å². The summed E-state index contributed by atoms with van der Waals surface area (Å²) in [6, 6.07) is 17.1. The zero-order valence-electron chi connectivity index (χ0n) is 12.6. The van der Waals surface area contributed by atoms with Gasteiger partial charge in [-0.05, 0) is 42.8 Å². The lowest BCUT2D eigenvalue weighted by Gasteiger charge is -2.20. The Kier molecular flexibility index (Phi) is 4.51. The van der Waals surface area contributed by atoms with Gasteiger partial charge in [0.05, 0.1) is 7.11 Å². The highest BCUT2D eigenvalue weighted by molar-refractivity contribution is 8.00. The smallest absolute Gasteiger partial charge is 0.118 e. The first-order valence-corrected chi connectivity index (χ1v) is 8.18. The van der Waals surface area contributed by atoms with Gasteiger partial charge in [0.15, 0.2) is 0 Å². The second kappa shape index (κ2) is 6.54. The second-order valence-electron chi connectivity index (χ2n) is 5.60. The van der Waals surface area contributed by atoms with Crippen LogP contribution in [-0.4, -0.2) is 30.9 Å². The quantitative estimate of drug-likeness (QED) is 0.832. The molecule has 2 nitrogen and oxygen atoms in total.